The molecule has 3 N–H and O–H groups in total. The van der Waals surface area contributed by atoms with Crippen molar-refractivity contribution in [1.29, 1.82) is 0 Å². The maximum absolute atomic E-state index is 9.57. The van der Waals surface area contributed by atoms with E-state index in [0.29, 0.717) is 16.2 Å². The molecule has 2 unspecified atom stereocenters. The molecule has 1 aromatic rings. The van der Waals surface area contributed by atoms with Crippen molar-refractivity contribution in [3.05, 3.63) is 15.0 Å². The molecule has 4 nitrogen and oxygen atoms in total. The van der Waals surface area contributed by atoms with E-state index >= 15 is 0 Å². The standard InChI is InChI=1S/C7H11BrN2O2S/c1-9-2-5(11)6(12)4-3-13-7(8)10-4/h3,5-6,9,11-12H,2H2,1H3. The van der Waals surface area contributed by atoms with Crippen LogP contribution in [0.15, 0.2) is 9.30 Å². The van der Waals surface area contributed by atoms with Gasteiger partial charge in [-0.2, -0.15) is 0 Å². The summed E-state index contributed by atoms with van der Waals surface area (Å²) in [5, 5.41) is 23.5. The van der Waals surface area contributed by atoms with Crippen LogP contribution in [-0.2, 0) is 0 Å². The van der Waals surface area contributed by atoms with Crippen LogP contribution in [0.5, 0.6) is 0 Å². The fraction of sp³-hybridized carbons (Fsp3) is 0.571. The van der Waals surface area contributed by atoms with Crippen LogP contribution in [0.1, 0.15) is 11.8 Å². The van der Waals surface area contributed by atoms with Crippen molar-refractivity contribution < 1.29 is 10.2 Å². The van der Waals surface area contributed by atoms with Crippen molar-refractivity contribution >= 4 is 27.3 Å². The molecule has 0 saturated heterocycles. The molecule has 13 heavy (non-hydrogen) atoms. The third-order valence-electron chi connectivity index (χ3n) is 1.57. The van der Waals surface area contributed by atoms with Crippen LogP contribution < -0.4 is 5.32 Å². The zero-order valence-electron chi connectivity index (χ0n) is 7.07. The summed E-state index contributed by atoms with van der Waals surface area (Å²) < 4.78 is 0.707. The number of aromatic nitrogens is 1. The minimum atomic E-state index is -0.921. The first-order valence-electron chi connectivity index (χ1n) is 3.76. The average Bonchev–Trinajstić information content (AvgIpc) is 2.51. The Labute approximate surface area is 88.8 Å². The summed E-state index contributed by atoms with van der Waals surface area (Å²) in [5.74, 6) is 0. The predicted molar refractivity (Wildman–Crippen MR) is 54.7 cm³/mol. The Morgan fingerprint density at radius 3 is 2.85 bits per heavy atom. The Hall–Kier alpha value is -0.0100. The molecule has 74 valence electrons. The van der Waals surface area contributed by atoms with Gasteiger partial charge in [0.2, 0.25) is 0 Å². The van der Waals surface area contributed by atoms with Crippen LogP contribution >= 0.6 is 27.3 Å². The van der Waals surface area contributed by atoms with Gasteiger partial charge in [0.05, 0.1) is 11.8 Å². The van der Waals surface area contributed by atoms with Gasteiger partial charge in [0, 0.05) is 11.9 Å². The first kappa shape index (κ1) is 11.1. The molecule has 0 aliphatic rings. The molecule has 0 aromatic carbocycles. The molecule has 0 fully saturated rings. The van der Waals surface area contributed by atoms with E-state index in [4.69, 9.17) is 0 Å². The van der Waals surface area contributed by atoms with Crippen LogP contribution in [-0.4, -0.2) is 34.9 Å². The van der Waals surface area contributed by atoms with Gasteiger partial charge >= 0.3 is 0 Å². The second-order valence-electron chi connectivity index (χ2n) is 2.60. The number of nitrogens with one attached hydrogen (secondary N) is 1. The third kappa shape index (κ3) is 2.99. The summed E-state index contributed by atoms with van der Waals surface area (Å²) in [6.07, 6.45) is -1.74. The first-order chi connectivity index (χ1) is 6.15. The lowest BCUT2D eigenvalue weighted by Gasteiger charge is -2.14. The number of halogens is 1. The van der Waals surface area contributed by atoms with Gasteiger partial charge in [-0.25, -0.2) is 4.98 Å². The van der Waals surface area contributed by atoms with Gasteiger partial charge in [-0.1, -0.05) is 0 Å². The highest BCUT2D eigenvalue weighted by Crippen LogP contribution is 2.22. The van der Waals surface area contributed by atoms with Gasteiger partial charge < -0.3 is 15.5 Å². The van der Waals surface area contributed by atoms with Crippen molar-refractivity contribution in [2.24, 2.45) is 0 Å². The Bertz CT molecular complexity index is 269. The maximum atomic E-state index is 9.57. The van der Waals surface area contributed by atoms with Crippen molar-refractivity contribution in [3.63, 3.8) is 0 Å². The second kappa shape index (κ2) is 5.02. The fourth-order valence-corrected chi connectivity index (χ4v) is 1.97. The smallest absolute Gasteiger partial charge is 0.159 e. The van der Waals surface area contributed by atoms with Crippen molar-refractivity contribution in [2.75, 3.05) is 13.6 Å². The minimum absolute atomic E-state index is 0.344. The summed E-state index contributed by atoms with van der Waals surface area (Å²) in [5.41, 5.74) is 0.500. The van der Waals surface area contributed by atoms with E-state index in [-0.39, 0.29) is 0 Å². The lowest BCUT2D eigenvalue weighted by atomic mass is 10.1. The molecule has 1 aromatic heterocycles. The van der Waals surface area contributed by atoms with Crippen LogP contribution in [0.2, 0.25) is 0 Å². The molecule has 6 heteroatoms. The summed E-state index contributed by atoms with van der Waals surface area (Å²) >= 11 is 4.57. The third-order valence-corrected chi connectivity index (χ3v) is 2.96. The molecular weight excluding hydrogens is 256 g/mol. The quantitative estimate of drug-likeness (QED) is 0.744. The van der Waals surface area contributed by atoms with E-state index in [1.54, 1.807) is 12.4 Å². The second-order valence-corrected chi connectivity index (χ2v) is 4.73. The molecule has 2 atom stereocenters. The van der Waals surface area contributed by atoms with E-state index in [9.17, 15) is 10.2 Å². The van der Waals surface area contributed by atoms with Gasteiger partial charge in [0.1, 0.15) is 6.10 Å². The number of thiazole rings is 1. The molecule has 1 rings (SSSR count). The topological polar surface area (TPSA) is 65.4 Å². The fourth-order valence-electron chi connectivity index (χ4n) is 0.917. The number of hydrogen-bond donors (Lipinski definition) is 3. The van der Waals surface area contributed by atoms with Gasteiger partial charge in [-0.15, -0.1) is 11.3 Å². The molecule has 1 heterocycles. The van der Waals surface area contributed by atoms with Crippen molar-refractivity contribution in [1.82, 2.24) is 10.3 Å². The number of hydrogen-bond acceptors (Lipinski definition) is 5. The van der Waals surface area contributed by atoms with Gasteiger partial charge in [0.25, 0.3) is 0 Å². The van der Waals surface area contributed by atoms with Gasteiger partial charge in [-0.05, 0) is 23.0 Å². The molecule has 0 radical (unpaired) electrons. The van der Waals surface area contributed by atoms with Gasteiger partial charge in [0.15, 0.2) is 3.92 Å². The van der Waals surface area contributed by atoms with E-state index < -0.39 is 12.2 Å². The number of likely N-dealkylation sites (N-methyl/N-ethyl adjacent to an activating group) is 1. The zero-order chi connectivity index (χ0) is 9.84. The highest BCUT2D eigenvalue weighted by Gasteiger charge is 2.19. The molecule has 0 aliphatic heterocycles. The molecule has 0 aliphatic carbocycles. The summed E-state index contributed by atoms with van der Waals surface area (Å²) in [6, 6.07) is 0. The van der Waals surface area contributed by atoms with E-state index in [0.717, 1.165) is 0 Å². The molecule has 0 spiro atoms. The lowest BCUT2D eigenvalue weighted by Crippen LogP contribution is -2.29. The highest BCUT2D eigenvalue weighted by molar-refractivity contribution is 9.11. The lowest BCUT2D eigenvalue weighted by molar-refractivity contribution is 0.0180. The van der Waals surface area contributed by atoms with Crippen molar-refractivity contribution in [3.8, 4) is 0 Å². The summed E-state index contributed by atoms with van der Waals surface area (Å²) in [7, 11) is 1.72. The Kier molecular flexibility index (Phi) is 4.27. The Morgan fingerprint density at radius 1 is 1.69 bits per heavy atom. The Morgan fingerprint density at radius 2 is 2.38 bits per heavy atom. The first-order valence-corrected chi connectivity index (χ1v) is 5.44. The average molecular weight is 267 g/mol. The SMILES string of the molecule is CNCC(O)C(O)c1csc(Br)n1. The summed E-state index contributed by atoms with van der Waals surface area (Å²) in [6.45, 7) is 0.344. The van der Waals surface area contributed by atoms with Gasteiger partial charge in [-0.3, -0.25) is 0 Å². The van der Waals surface area contributed by atoms with E-state index in [1.807, 2.05) is 0 Å². The molecule has 0 saturated carbocycles. The van der Waals surface area contributed by atoms with E-state index in [2.05, 4.69) is 26.2 Å². The maximum Gasteiger partial charge on any atom is 0.159 e. The van der Waals surface area contributed by atoms with E-state index in [1.165, 1.54) is 11.3 Å². The largest absolute Gasteiger partial charge is 0.389 e. The molecule has 0 amide bonds. The number of rotatable bonds is 4. The normalized spacial score (nSPS) is 15.7. The number of nitrogens with zero attached hydrogens (tertiary/aromatic N) is 1. The highest BCUT2D eigenvalue weighted by atomic mass is 79.9. The predicted octanol–water partition coefficient (Wildman–Crippen LogP) is 0.519. The summed E-state index contributed by atoms with van der Waals surface area (Å²) in [4.78, 5) is 4.01. The van der Waals surface area contributed by atoms with Crippen LogP contribution in [0.25, 0.3) is 0 Å². The molecule has 0 bridgehead atoms. The molecular formula is C7H11BrN2O2S. The van der Waals surface area contributed by atoms with Crippen molar-refractivity contribution in [2.45, 2.75) is 12.2 Å². The van der Waals surface area contributed by atoms with Crippen LogP contribution in [0, 0.1) is 0 Å². The zero-order valence-corrected chi connectivity index (χ0v) is 9.47. The monoisotopic (exact) mass is 266 g/mol. The Balaban J connectivity index is 2.61. The number of aliphatic hydroxyl groups is 2. The van der Waals surface area contributed by atoms with Crippen LogP contribution in [0.4, 0.5) is 0 Å². The number of aliphatic hydroxyl groups excluding tert-OH is 2. The van der Waals surface area contributed by atoms with Crippen LogP contribution in [0.3, 0.4) is 0 Å². The minimum Gasteiger partial charge on any atom is -0.389 e.